The number of anilines is 1. The second-order valence-electron chi connectivity index (χ2n) is 4.31. The Bertz CT molecular complexity index is 508. The van der Waals surface area contributed by atoms with Gasteiger partial charge in [-0.15, -0.1) is 10.2 Å². The van der Waals surface area contributed by atoms with Crippen LogP contribution >= 0.6 is 22.7 Å². The van der Waals surface area contributed by atoms with Crippen molar-refractivity contribution in [2.75, 3.05) is 5.32 Å². The normalized spacial score (nSPS) is 10.6. The smallest absolute Gasteiger partial charge is 0.230 e. The van der Waals surface area contributed by atoms with E-state index in [2.05, 4.69) is 22.4 Å². The molecule has 2 rings (SSSR count). The first kappa shape index (κ1) is 14.1. The quantitative estimate of drug-likeness (QED) is 0.795. The molecule has 2 aromatic heterocycles. The number of hydrogen-bond donors (Lipinski definition) is 1. The Morgan fingerprint density at radius 1 is 1.37 bits per heavy atom. The van der Waals surface area contributed by atoms with Crippen LogP contribution in [0.15, 0.2) is 16.8 Å². The van der Waals surface area contributed by atoms with E-state index >= 15 is 0 Å². The third-order valence-corrected chi connectivity index (χ3v) is 4.28. The van der Waals surface area contributed by atoms with E-state index in [1.54, 1.807) is 11.3 Å². The molecule has 0 bridgehead atoms. The van der Waals surface area contributed by atoms with Gasteiger partial charge in [-0.1, -0.05) is 31.1 Å². The lowest BCUT2D eigenvalue weighted by atomic mass is 10.2. The number of hydrogen-bond acceptors (Lipinski definition) is 5. The highest BCUT2D eigenvalue weighted by Gasteiger charge is 2.09. The first-order valence-electron chi connectivity index (χ1n) is 6.41. The number of nitrogens with one attached hydrogen (secondary N) is 1. The number of rotatable bonds is 7. The number of aryl methyl sites for hydroxylation is 1. The van der Waals surface area contributed by atoms with Gasteiger partial charge in [-0.2, -0.15) is 11.3 Å². The molecule has 0 spiro atoms. The third-order valence-electron chi connectivity index (χ3n) is 2.65. The van der Waals surface area contributed by atoms with Gasteiger partial charge in [0.15, 0.2) is 0 Å². The summed E-state index contributed by atoms with van der Waals surface area (Å²) in [5.41, 5.74) is 1.04. The standard InChI is InChI=1S/C13H17N3OS2/c1-2-3-4-5-12-15-16-13(19-12)14-11(17)8-10-6-7-18-9-10/h6-7,9H,2-5,8H2,1H3,(H,14,16,17). The molecule has 0 aliphatic carbocycles. The van der Waals surface area contributed by atoms with Crippen LogP contribution in [0.3, 0.4) is 0 Å². The van der Waals surface area contributed by atoms with Crippen LogP contribution in [0.2, 0.25) is 0 Å². The molecule has 0 radical (unpaired) electrons. The highest BCUT2D eigenvalue weighted by molar-refractivity contribution is 7.15. The molecule has 1 N–H and O–H groups in total. The predicted octanol–water partition coefficient (Wildman–Crippen LogP) is 3.51. The van der Waals surface area contributed by atoms with Crippen molar-refractivity contribution in [2.24, 2.45) is 0 Å². The maximum Gasteiger partial charge on any atom is 0.230 e. The molecule has 0 atom stereocenters. The molecule has 0 aliphatic heterocycles. The molecule has 0 aliphatic rings. The molecule has 2 aromatic rings. The molecule has 2 heterocycles. The number of carbonyl (C=O) groups is 1. The molecule has 102 valence electrons. The number of nitrogens with zero attached hydrogens (tertiary/aromatic N) is 2. The maximum absolute atomic E-state index is 11.8. The molecule has 19 heavy (non-hydrogen) atoms. The third kappa shape index (κ3) is 4.72. The molecule has 0 saturated heterocycles. The molecule has 0 saturated carbocycles. The first-order valence-corrected chi connectivity index (χ1v) is 8.17. The largest absolute Gasteiger partial charge is 0.300 e. The summed E-state index contributed by atoms with van der Waals surface area (Å²) in [5.74, 6) is -0.0327. The van der Waals surface area contributed by atoms with Gasteiger partial charge in [-0.25, -0.2) is 0 Å². The fourth-order valence-corrected chi connectivity index (χ4v) is 3.14. The van der Waals surface area contributed by atoms with E-state index in [0.717, 1.165) is 23.4 Å². The van der Waals surface area contributed by atoms with Crippen LogP contribution in [-0.4, -0.2) is 16.1 Å². The van der Waals surface area contributed by atoms with Crippen LogP contribution in [0.4, 0.5) is 5.13 Å². The summed E-state index contributed by atoms with van der Waals surface area (Å²) in [6.07, 6.45) is 4.89. The lowest BCUT2D eigenvalue weighted by Gasteiger charge is -1.98. The van der Waals surface area contributed by atoms with Crippen molar-refractivity contribution in [3.8, 4) is 0 Å². The van der Waals surface area contributed by atoms with Crippen LogP contribution in [0.25, 0.3) is 0 Å². The lowest BCUT2D eigenvalue weighted by molar-refractivity contribution is -0.115. The lowest BCUT2D eigenvalue weighted by Crippen LogP contribution is -2.13. The van der Waals surface area contributed by atoms with Gasteiger partial charge in [-0.3, -0.25) is 4.79 Å². The van der Waals surface area contributed by atoms with Gasteiger partial charge in [0.2, 0.25) is 11.0 Å². The van der Waals surface area contributed by atoms with E-state index < -0.39 is 0 Å². The minimum absolute atomic E-state index is 0.0327. The van der Waals surface area contributed by atoms with E-state index in [9.17, 15) is 4.79 Å². The highest BCUT2D eigenvalue weighted by Crippen LogP contribution is 2.18. The van der Waals surface area contributed by atoms with E-state index in [-0.39, 0.29) is 5.91 Å². The molecular weight excluding hydrogens is 278 g/mol. The Morgan fingerprint density at radius 3 is 3.00 bits per heavy atom. The fourth-order valence-electron chi connectivity index (χ4n) is 1.67. The van der Waals surface area contributed by atoms with Crippen LogP contribution in [-0.2, 0) is 17.6 Å². The summed E-state index contributed by atoms with van der Waals surface area (Å²) in [4.78, 5) is 11.8. The van der Waals surface area contributed by atoms with Gasteiger partial charge in [0.05, 0.1) is 6.42 Å². The first-order chi connectivity index (χ1) is 9.28. The van der Waals surface area contributed by atoms with Crippen LogP contribution in [0.5, 0.6) is 0 Å². The van der Waals surface area contributed by atoms with Crippen molar-refractivity contribution in [1.82, 2.24) is 10.2 Å². The Balaban J connectivity index is 1.80. The van der Waals surface area contributed by atoms with Crippen molar-refractivity contribution >= 4 is 33.7 Å². The predicted molar refractivity (Wildman–Crippen MR) is 79.8 cm³/mol. The summed E-state index contributed by atoms with van der Waals surface area (Å²) >= 11 is 3.07. The van der Waals surface area contributed by atoms with Gasteiger partial charge in [0.1, 0.15) is 5.01 Å². The monoisotopic (exact) mass is 295 g/mol. The second-order valence-corrected chi connectivity index (χ2v) is 6.16. The average molecular weight is 295 g/mol. The van der Waals surface area contributed by atoms with Crippen LogP contribution in [0, 0.1) is 0 Å². The number of thiophene rings is 1. The van der Waals surface area contributed by atoms with E-state index in [1.165, 1.54) is 24.2 Å². The Morgan fingerprint density at radius 2 is 2.26 bits per heavy atom. The molecule has 0 fully saturated rings. The fraction of sp³-hybridized carbons (Fsp3) is 0.462. The molecule has 0 aromatic carbocycles. The van der Waals surface area contributed by atoms with E-state index in [4.69, 9.17) is 0 Å². The van der Waals surface area contributed by atoms with Gasteiger partial charge in [0.25, 0.3) is 0 Å². The van der Waals surface area contributed by atoms with Gasteiger partial charge in [-0.05, 0) is 28.8 Å². The number of carbonyl (C=O) groups excluding carboxylic acids is 1. The number of unbranched alkanes of at least 4 members (excludes halogenated alkanes) is 2. The minimum atomic E-state index is -0.0327. The van der Waals surface area contributed by atoms with Crippen molar-refractivity contribution in [3.05, 3.63) is 27.4 Å². The van der Waals surface area contributed by atoms with Gasteiger partial charge >= 0.3 is 0 Å². The molecule has 6 heteroatoms. The topological polar surface area (TPSA) is 54.9 Å². The van der Waals surface area contributed by atoms with E-state index in [1.807, 2.05) is 16.8 Å². The van der Waals surface area contributed by atoms with Crippen LogP contribution in [0.1, 0.15) is 36.8 Å². The maximum atomic E-state index is 11.8. The summed E-state index contributed by atoms with van der Waals surface area (Å²) in [6.45, 7) is 2.18. The summed E-state index contributed by atoms with van der Waals surface area (Å²) < 4.78 is 0. The van der Waals surface area contributed by atoms with Crippen molar-refractivity contribution in [1.29, 1.82) is 0 Å². The number of aromatic nitrogens is 2. The zero-order chi connectivity index (χ0) is 13.5. The Kier molecular flexibility index (Phi) is 5.47. The van der Waals surface area contributed by atoms with Gasteiger partial charge < -0.3 is 5.32 Å². The van der Waals surface area contributed by atoms with Crippen molar-refractivity contribution in [2.45, 2.75) is 39.0 Å². The zero-order valence-electron chi connectivity index (χ0n) is 10.9. The Hall–Kier alpha value is -1.27. The SMILES string of the molecule is CCCCCc1nnc(NC(=O)Cc2ccsc2)s1. The average Bonchev–Trinajstić information content (AvgIpc) is 3.02. The minimum Gasteiger partial charge on any atom is -0.300 e. The zero-order valence-corrected chi connectivity index (χ0v) is 12.5. The van der Waals surface area contributed by atoms with E-state index in [0.29, 0.717) is 11.6 Å². The number of amides is 1. The highest BCUT2D eigenvalue weighted by atomic mass is 32.1. The summed E-state index contributed by atoms with van der Waals surface area (Å²) in [6, 6.07) is 1.96. The van der Waals surface area contributed by atoms with Gasteiger partial charge in [0, 0.05) is 6.42 Å². The second kappa shape index (κ2) is 7.35. The van der Waals surface area contributed by atoms with Crippen LogP contribution < -0.4 is 5.32 Å². The van der Waals surface area contributed by atoms with Crippen molar-refractivity contribution < 1.29 is 4.79 Å². The molecular formula is C13H17N3OS2. The summed E-state index contributed by atoms with van der Waals surface area (Å²) in [7, 11) is 0. The molecule has 1 amide bonds. The molecule has 4 nitrogen and oxygen atoms in total. The van der Waals surface area contributed by atoms with Crippen molar-refractivity contribution in [3.63, 3.8) is 0 Å². The summed E-state index contributed by atoms with van der Waals surface area (Å²) in [5, 5.41) is 16.5. The Labute approximate surface area is 120 Å². The molecule has 0 unspecified atom stereocenters.